The zero-order chi connectivity index (χ0) is 15.6. The summed E-state index contributed by atoms with van der Waals surface area (Å²) in [6, 6.07) is 9.32. The van der Waals surface area contributed by atoms with Crippen LogP contribution in [0.1, 0.15) is 15.9 Å². The molecule has 0 radical (unpaired) electrons. The van der Waals surface area contributed by atoms with E-state index in [1.165, 1.54) is 0 Å². The molecule has 0 aliphatic heterocycles. The number of anilines is 1. The molecule has 2 aromatic carbocycles. The highest BCUT2D eigenvalue weighted by Gasteiger charge is 2.31. The molecule has 0 spiro atoms. The number of carbonyl (C=O) groups excluding carboxylic acids is 1. The van der Waals surface area contributed by atoms with Gasteiger partial charge in [-0.15, -0.1) is 0 Å². The fourth-order valence-electron chi connectivity index (χ4n) is 1.63. The first-order chi connectivity index (χ1) is 9.79. The van der Waals surface area contributed by atoms with Gasteiger partial charge in [-0.3, -0.25) is 4.79 Å². The lowest BCUT2D eigenvalue weighted by molar-refractivity contribution is -0.137. The molecule has 21 heavy (non-hydrogen) atoms. The van der Waals surface area contributed by atoms with Gasteiger partial charge in [-0.2, -0.15) is 13.2 Å². The highest BCUT2D eigenvalue weighted by molar-refractivity contribution is 9.10. The fraction of sp³-hybridized carbons (Fsp3) is 0.0714. The van der Waals surface area contributed by atoms with Gasteiger partial charge < -0.3 is 5.32 Å². The molecule has 2 rings (SSSR count). The summed E-state index contributed by atoms with van der Waals surface area (Å²) in [6.07, 6.45) is -4.50. The van der Waals surface area contributed by atoms with Crippen molar-refractivity contribution < 1.29 is 18.0 Å². The average molecular weight is 379 g/mol. The average Bonchev–Trinajstić information content (AvgIpc) is 2.40. The molecule has 0 heterocycles. The Morgan fingerprint density at radius 2 is 1.81 bits per heavy atom. The van der Waals surface area contributed by atoms with Crippen LogP contribution >= 0.6 is 27.5 Å². The summed E-state index contributed by atoms with van der Waals surface area (Å²) in [4.78, 5) is 12.1. The Hall–Kier alpha value is -1.53. The third-order valence-electron chi connectivity index (χ3n) is 2.66. The standard InChI is InChI=1S/C14H8BrClF3NO/c15-10-4-2-1-3-9(10)13(21)20-12-7-8(14(17,18)19)5-6-11(12)16/h1-7H,(H,20,21). The predicted octanol–water partition coefficient (Wildman–Crippen LogP) is 5.37. The molecule has 0 saturated heterocycles. The molecule has 2 aromatic rings. The number of halogens is 5. The third-order valence-corrected chi connectivity index (χ3v) is 3.68. The van der Waals surface area contributed by atoms with E-state index in [2.05, 4.69) is 21.2 Å². The summed E-state index contributed by atoms with van der Waals surface area (Å²) in [5.41, 5.74) is -0.674. The number of nitrogens with one attached hydrogen (secondary N) is 1. The summed E-state index contributed by atoms with van der Waals surface area (Å²) in [5.74, 6) is -0.552. The summed E-state index contributed by atoms with van der Waals surface area (Å²) < 4.78 is 38.5. The molecule has 0 aromatic heterocycles. The molecule has 7 heteroatoms. The van der Waals surface area contributed by atoms with Crippen molar-refractivity contribution in [1.82, 2.24) is 0 Å². The zero-order valence-corrected chi connectivity index (χ0v) is 12.7. The Kier molecular flexibility index (Phi) is 4.58. The summed E-state index contributed by atoms with van der Waals surface area (Å²) in [5, 5.41) is 2.41. The maximum atomic E-state index is 12.7. The number of benzene rings is 2. The van der Waals surface area contributed by atoms with Gasteiger partial charge in [0.15, 0.2) is 0 Å². The highest BCUT2D eigenvalue weighted by atomic mass is 79.9. The minimum absolute atomic E-state index is 0.0309. The Balaban J connectivity index is 2.31. The van der Waals surface area contributed by atoms with Crippen molar-refractivity contribution in [1.29, 1.82) is 0 Å². The van der Waals surface area contributed by atoms with Crippen LogP contribution in [0.2, 0.25) is 5.02 Å². The van der Waals surface area contributed by atoms with Crippen LogP contribution in [0.4, 0.5) is 18.9 Å². The van der Waals surface area contributed by atoms with Crippen LogP contribution in [0.3, 0.4) is 0 Å². The lowest BCUT2D eigenvalue weighted by Gasteiger charge is -2.12. The fourth-order valence-corrected chi connectivity index (χ4v) is 2.26. The van der Waals surface area contributed by atoms with Crippen LogP contribution in [-0.2, 0) is 6.18 Å². The third kappa shape index (κ3) is 3.77. The summed E-state index contributed by atoms with van der Waals surface area (Å²) in [6.45, 7) is 0. The van der Waals surface area contributed by atoms with Crippen LogP contribution in [0.25, 0.3) is 0 Å². The Labute approximate surface area is 132 Å². The van der Waals surface area contributed by atoms with Gasteiger partial charge >= 0.3 is 6.18 Å². The molecule has 0 fully saturated rings. The largest absolute Gasteiger partial charge is 0.416 e. The van der Waals surface area contributed by atoms with Crippen molar-refractivity contribution in [3.8, 4) is 0 Å². The van der Waals surface area contributed by atoms with Crippen molar-refractivity contribution >= 4 is 39.1 Å². The molecule has 2 nitrogen and oxygen atoms in total. The molecule has 1 N–H and O–H groups in total. The lowest BCUT2D eigenvalue weighted by atomic mass is 10.1. The molecule has 0 unspecified atom stereocenters. The smallest absolute Gasteiger partial charge is 0.321 e. The number of rotatable bonds is 2. The Bertz CT molecular complexity index is 688. The first-order valence-corrected chi connectivity index (χ1v) is 6.89. The van der Waals surface area contributed by atoms with E-state index in [1.54, 1.807) is 24.3 Å². The topological polar surface area (TPSA) is 29.1 Å². The van der Waals surface area contributed by atoms with Crippen molar-refractivity contribution in [3.63, 3.8) is 0 Å². The monoisotopic (exact) mass is 377 g/mol. The summed E-state index contributed by atoms with van der Waals surface area (Å²) >= 11 is 9.03. The second-order valence-corrected chi connectivity index (χ2v) is 5.39. The normalized spacial score (nSPS) is 11.3. The van der Waals surface area contributed by atoms with E-state index in [0.29, 0.717) is 10.0 Å². The van der Waals surface area contributed by atoms with Crippen molar-refractivity contribution in [2.75, 3.05) is 5.32 Å². The number of carbonyl (C=O) groups is 1. The number of hydrogen-bond acceptors (Lipinski definition) is 1. The molecular weight excluding hydrogens is 371 g/mol. The maximum absolute atomic E-state index is 12.7. The predicted molar refractivity (Wildman–Crippen MR) is 78.5 cm³/mol. The minimum Gasteiger partial charge on any atom is -0.321 e. The molecule has 0 aliphatic carbocycles. The molecular formula is C14H8BrClF3NO. The van der Waals surface area contributed by atoms with Gasteiger partial charge in [0.05, 0.1) is 21.8 Å². The second-order valence-electron chi connectivity index (χ2n) is 4.13. The molecule has 0 aliphatic rings. The van der Waals surface area contributed by atoms with E-state index in [0.717, 1.165) is 18.2 Å². The van der Waals surface area contributed by atoms with Crippen LogP contribution in [-0.4, -0.2) is 5.91 Å². The van der Waals surface area contributed by atoms with Gasteiger partial charge in [-0.05, 0) is 46.3 Å². The Morgan fingerprint density at radius 1 is 1.14 bits per heavy atom. The SMILES string of the molecule is O=C(Nc1cc(C(F)(F)F)ccc1Cl)c1ccccc1Br. The van der Waals surface area contributed by atoms with E-state index < -0.39 is 17.6 Å². The number of alkyl halides is 3. The van der Waals surface area contributed by atoms with Gasteiger partial charge in [0.2, 0.25) is 0 Å². The van der Waals surface area contributed by atoms with E-state index in [4.69, 9.17) is 11.6 Å². The first-order valence-electron chi connectivity index (χ1n) is 5.71. The first kappa shape index (κ1) is 15.9. The van der Waals surface area contributed by atoms with Gasteiger partial charge in [0.25, 0.3) is 5.91 Å². The van der Waals surface area contributed by atoms with E-state index in [1.807, 2.05) is 0 Å². The minimum atomic E-state index is -4.50. The quantitative estimate of drug-likeness (QED) is 0.747. The van der Waals surface area contributed by atoms with Gasteiger partial charge in [-0.25, -0.2) is 0 Å². The second kappa shape index (κ2) is 6.07. The number of hydrogen-bond donors (Lipinski definition) is 1. The van der Waals surface area contributed by atoms with E-state index >= 15 is 0 Å². The molecule has 110 valence electrons. The van der Waals surface area contributed by atoms with Crippen LogP contribution in [0, 0.1) is 0 Å². The van der Waals surface area contributed by atoms with Crippen LogP contribution in [0.15, 0.2) is 46.9 Å². The maximum Gasteiger partial charge on any atom is 0.416 e. The highest BCUT2D eigenvalue weighted by Crippen LogP contribution is 2.34. The number of amides is 1. The van der Waals surface area contributed by atoms with E-state index in [-0.39, 0.29) is 10.7 Å². The molecule has 0 saturated carbocycles. The van der Waals surface area contributed by atoms with Crippen molar-refractivity contribution in [2.45, 2.75) is 6.18 Å². The summed E-state index contributed by atoms with van der Waals surface area (Å²) in [7, 11) is 0. The van der Waals surface area contributed by atoms with Gasteiger partial charge in [0, 0.05) is 4.47 Å². The van der Waals surface area contributed by atoms with Crippen LogP contribution in [0.5, 0.6) is 0 Å². The van der Waals surface area contributed by atoms with E-state index in [9.17, 15) is 18.0 Å². The lowest BCUT2D eigenvalue weighted by Crippen LogP contribution is -2.14. The van der Waals surface area contributed by atoms with Gasteiger partial charge in [-0.1, -0.05) is 23.7 Å². The van der Waals surface area contributed by atoms with Crippen LogP contribution < -0.4 is 5.32 Å². The Morgan fingerprint density at radius 3 is 2.43 bits per heavy atom. The molecule has 0 atom stereocenters. The van der Waals surface area contributed by atoms with Crippen molar-refractivity contribution in [2.24, 2.45) is 0 Å². The van der Waals surface area contributed by atoms with Gasteiger partial charge in [0.1, 0.15) is 0 Å². The van der Waals surface area contributed by atoms with Crippen molar-refractivity contribution in [3.05, 3.63) is 63.1 Å². The molecule has 0 bridgehead atoms. The zero-order valence-electron chi connectivity index (χ0n) is 10.3. The molecule has 1 amide bonds.